The van der Waals surface area contributed by atoms with E-state index in [1.165, 1.54) is 24.3 Å². The fraction of sp³-hybridized carbons (Fsp3) is 0.353. The number of alkyl halides is 3. The van der Waals surface area contributed by atoms with Gasteiger partial charge in [-0.15, -0.1) is 0 Å². The van der Waals surface area contributed by atoms with Crippen LogP contribution in [-0.2, 0) is 6.18 Å². The maximum atomic E-state index is 13.1. The SMILES string of the molecule is CC(C)[C@H](CO)Nc1nc(NC(=O)c2ccc(N)cc2)cc(C(F)(F)F)n1. The summed E-state index contributed by atoms with van der Waals surface area (Å²) in [7, 11) is 0. The maximum Gasteiger partial charge on any atom is 0.433 e. The Kier molecular flexibility index (Phi) is 6.21. The van der Waals surface area contributed by atoms with Crippen molar-refractivity contribution in [3.63, 3.8) is 0 Å². The van der Waals surface area contributed by atoms with Crippen LogP contribution in [0.3, 0.4) is 0 Å². The number of nitrogen functional groups attached to an aromatic ring is 1. The maximum absolute atomic E-state index is 13.1. The molecule has 27 heavy (non-hydrogen) atoms. The number of nitrogens with two attached hydrogens (primary N) is 1. The van der Waals surface area contributed by atoms with Gasteiger partial charge >= 0.3 is 6.18 Å². The van der Waals surface area contributed by atoms with E-state index in [0.29, 0.717) is 11.8 Å². The van der Waals surface area contributed by atoms with Gasteiger partial charge in [0.2, 0.25) is 5.95 Å². The molecule has 0 aliphatic heterocycles. The number of anilines is 3. The number of hydrogen-bond donors (Lipinski definition) is 4. The van der Waals surface area contributed by atoms with Crippen molar-refractivity contribution in [3.8, 4) is 0 Å². The minimum absolute atomic E-state index is 0.0824. The van der Waals surface area contributed by atoms with E-state index in [0.717, 1.165) is 0 Å². The number of carbonyl (C=O) groups excluding carboxylic acids is 1. The van der Waals surface area contributed by atoms with Gasteiger partial charge in [0.25, 0.3) is 5.91 Å². The van der Waals surface area contributed by atoms with E-state index in [4.69, 9.17) is 5.73 Å². The minimum Gasteiger partial charge on any atom is -0.399 e. The van der Waals surface area contributed by atoms with Crippen LogP contribution in [0.5, 0.6) is 0 Å². The molecule has 0 unspecified atom stereocenters. The van der Waals surface area contributed by atoms with E-state index in [1.807, 2.05) is 0 Å². The fourth-order valence-electron chi connectivity index (χ4n) is 2.13. The number of aliphatic hydroxyl groups excluding tert-OH is 1. The van der Waals surface area contributed by atoms with Crippen LogP contribution >= 0.6 is 0 Å². The average molecular weight is 383 g/mol. The highest BCUT2D eigenvalue weighted by atomic mass is 19.4. The van der Waals surface area contributed by atoms with Crippen LogP contribution < -0.4 is 16.4 Å². The fourth-order valence-corrected chi connectivity index (χ4v) is 2.13. The monoisotopic (exact) mass is 383 g/mol. The summed E-state index contributed by atoms with van der Waals surface area (Å²) >= 11 is 0. The minimum atomic E-state index is -4.73. The number of amides is 1. The van der Waals surface area contributed by atoms with Crippen LogP contribution in [0.4, 0.5) is 30.6 Å². The highest BCUT2D eigenvalue weighted by molar-refractivity contribution is 6.04. The number of nitrogens with zero attached hydrogens (tertiary/aromatic N) is 2. The Bertz CT molecular complexity index is 794. The molecule has 1 aromatic carbocycles. The second kappa shape index (κ2) is 8.21. The molecule has 2 rings (SSSR count). The Hall–Kier alpha value is -2.88. The zero-order valence-corrected chi connectivity index (χ0v) is 14.7. The lowest BCUT2D eigenvalue weighted by Gasteiger charge is -2.21. The van der Waals surface area contributed by atoms with E-state index in [-0.39, 0.29) is 29.9 Å². The van der Waals surface area contributed by atoms with E-state index in [1.54, 1.807) is 13.8 Å². The molecule has 5 N–H and O–H groups in total. The van der Waals surface area contributed by atoms with Gasteiger partial charge < -0.3 is 21.5 Å². The largest absolute Gasteiger partial charge is 0.433 e. The van der Waals surface area contributed by atoms with Gasteiger partial charge in [-0.1, -0.05) is 13.8 Å². The quantitative estimate of drug-likeness (QED) is 0.571. The van der Waals surface area contributed by atoms with Gasteiger partial charge in [0.05, 0.1) is 12.6 Å². The lowest BCUT2D eigenvalue weighted by molar-refractivity contribution is -0.141. The second-order valence-corrected chi connectivity index (χ2v) is 6.21. The van der Waals surface area contributed by atoms with Crippen LogP contribution in [0.2, 0.25) is 0 Å². The summed E-state index contributed by atoms with van der Waals surface area (Å²) in [6.45, 7) is 3.25. The standard InChI is InChI=1S/C17H20F3N5O2/c1-9(2)12(8-26)22-16-23-13(17(18,19)20)7-14(25-16)24-15(27)10-3-5-11(21)6-4-10/h3-7,9,12,26H,8,21H2,1-2H3,(H2,22,23,24,25,27)/t12-/m0/s1. The molecule has 0 spiro atoms. The smallest absolute Gasteiger partial charge is 0.399 e. The Morgan fingerprint density at radius 2 is 1.85 bits per heavy atom. The van der Waals surface area contributed by atoms with E-state index in [9.17, 15) is 23.1 Å². The third-order valence-electron chi connectivity index (χ3n) is 3.75. The molecule has 0 aliphatic rings. The van der Waals surface area contributed by atoms with E-state index >= 15 is 0 Å². The highest BCUT2D eigenvalue weighted by Crippen LogP contribution is 2.30. The van der Waals surface area contributed by atoms with E-state index in [2.05, 4.69) is 20.6 Å². The molecular weight excluding hydrogens is 363 g/mol. The Morgan fingerprint density at radius 3 is 2.37 bits per heavy atom. The summed E-state index contributed by atoms with van der Waals surface area (Å²) in [6, 6.07) is 5.97. The van der Waals surface area contributed by atoms with Crippen LogP contribution in [0, 0.1) is 5.92 Å². The average Bonchev–Trinajstić information content (AvgIpc) is 2.59. The molecule has 146 valence electrons. The number of benzene rings is 1. The summed E-state index contributed by atoms with van der Waals surface area (Å²) in [4.78, 5) is 19.6. The molecule has 0 fully saturated rings. The van der Waals surface area contributed by atoms with Crippen molar-refractivity contribution in [2.45, 2.75) is 26.1 Å². The number of nitrogens with one attached hydrogen (secondary N) is 2. The first-order valence-corrected chi connectivity index (χ1v) is 8.10. The molecule has 7 nitrogen and oxygen atoms in total. The summed E-state index contributed by atoms with van der Waals surface area (Å²) in [5, 5.41) is 14.3. The molecule has 1 aromatic heterocycles. The van der Waals surface area contributed by atoms with Crippen LogP contribution in [0.25, 0.3) is 0 Å². The summed E-state index contributed by atoms with van der Waals surface area (Å²) in [5.74, 6) is -1.39. The first kappa shape index (κ1) is 20.4. The second-order valence-electron chi connectivity index (χ2n) is 6.21. The molecule has 0 bridgehead atoms. The van der Waals surface area contributed by atoms with Gasteiger partial charge in [-0.05, 0) is 30.2 Å². The number of carbonyl (C=O) groups is 1. The van der Waals surface area contributed by atoms with Gasteiger partial charge in [-0.25, -0.2) is 4.98 Å². The molecule has 0 saturated carbocycles. The first-order valence-electron chi connectivity index (χ1n) is 8.10. The van der Waals surface area contributed by atoms with Gasteiger partial charge in [-0.2, -0.15) is 18.2 Å². The Morgan fingerprint density at radius 1 is 1.22 bits per heavy atom. The summed E-state index contributed by atoms with van der Waals surface area (Å²) in [5.41, 5.74) is 4.99. The van der Waals surface area contributed by atoms with Gasteiger partial charge in [0.15, 0.2) is 5.69 Å². The molecule has 0 saturated heterocycles. The molecule has 1 heterocycles. The number of rotatable bonds is 6. The zero-order chi connectivity index (χ0) is 20.2. The third kappa shape index (κ3) is 5.55. The van der Waals surface area contributed by atoms with Crippen molar-refractivity contribution in [2.75, 3.05) is 23.0 Å². The number of halogens is 3. The number of aromatic nitrogens is 2. The molecule has 2 aromatic rings. The summed E-state index contributed by atoms with van der Waals surface area (Å²) in [6.07, 6.45) is -4.73. The van der Waals surface area contributed by atoms with Crippen molar-refractivity contribution in [3.05, 3.63) is 41.6 Å². The molecule has 0 aliphatic carbocycles. The third-order valence-corrected chi connectivity index (χ3v) is 3.75. The Labute approximate surface area is 153 Å². The normalized spacial score (nSPS) is 12.7. The predicted octanol–water partition coefficient (Wildman–Crippen LogP) is 2.76. The van der Waals surface area contributed by atoms with E-state index < -0.39 is 23.8 Å². The van der Waals surface area contributed by atoms with Crippen molar-refractivity contribution in [1.82, 2.24) is 9.97 Å². The van der Waals surface area contributed by atoms with Gasteiger partial charge in [0, 0.05) is 17.3 Å². The van der Waals surface area contributed by atoms with Gasteiger partial charge in [0.1, 0.15) is 5.82 Å². The van der Waals surface area contributed by atoms with Gasteiger partial charge in [-0.3, -0.25) is 4.79 Å². The first-order chi connectivity index (χ1) is 12.6. The van der Waals surface area contributed by atoms with Crippen molar-refractivity contribution >= 4 is 23.4 Å². The molecule has 1 amide bonds. The summed E-state index contributed by atoms with van der Waals surface area (Å²) < 4.78 is 39.4. The lowest BCUT2D eigenvalue weighted by Crippen LogP contribution is -2.31. The van der Waals surface area contributed by atoms with Crippen molar-refractivity contribution < 1.29 is 23.1 Å². The zero-order valence-electron chi connectivity index (χ0n) is 14.7. The number of aliphatic hydroxyl groups is 1. The molecule has 1 atom stereocenters. The van der Waals surface area contributed by atoms with Crippen molar-refractivity contribution in [2.24, 2.45) is 5.92 Å². The van der Waals surface area contributed by atoms with Crippen LogP contribution in [-0.4, -0.2) is 33.6 Å². The number of hydrogen-bond acceptors (Lipinski definition) is 6. The molecule has 10 heteroatoms. The van der Waals surface area contributed by atoms with Crippen LogP contribution in [0.1, 0.15) is 29.9 Å². The predicted molar refractivity (Wildman–Crippen MR) is 95.2 cm³/mol. The highest BCUT2D eigenvalue weighted by Gasteiger charge is 2.34. The van der Waals surface area contributed by atoms with Crippen LogP contribution in [0.15, 0.2) is 30.3 Å². The Balaban J connectivity index is 2.32. The molecule has 0 radical (unpaired) electrons. The molecular formula is C17H20F3N5O2. The van der Waals surface area contributed by atoms with Crippen molar-refractivity contribution in [1.29, 1.82) is 0 Å². The lowest BCUT2D eigenvalue weighted by atomic mass is 10.1. The topological polar surface area (TPSA) is 113 Å².